The summed E-state index contributed by atoms with van der Waals surface area (Å²) in [6.45, 7) is 7.19. The lowest BCUT2D eigenvalue weighted by Gasteiger charge is -2.63. The van der Waals surface area contributed by atoms with Crippen LogP contribution < -0.4 is 0 Å². The van der Waals surface area contributed by atoms with Gasteiger partial charge in [0.2, 0.25) is 0 Å². The second kappa shape index (κ2) is 7.62. The van der Waals surface area contributed by atoms with Crippen LogP contribution in [0.3, 0.4) is 0 Å². The molecular weight excluding hydrogens is 372 g/mol. The van der Waals surface area contributed by atoms with Gasteiger partial charge in [-0.2, -0.15) is 0 Å². The number of aliphatic hydroxyl groups is 3. The second-order valence-corrected chi connectivity index (χ2v) is 12.6. The van der Waals surface area contributed by atoms with Gasteiger partial charge in [0, 0.05) is 28.9 Å². The molecule has 0 aromatic heterocycles. The number of aliphatic hydroxyl groups excluding tert-OH is 3. The van der Waals surface area contributed by atoms with Gasteiger partial charge in [0.1, 0.15) is 0 Å². The highest BCUT2D eigenvalue weighted by Crippen LogP contribution is 2.67. The molecule has 3 aliphatic carbocycles. The third kappa shape index (κ3) is 3.06. The summed E-state index contributed by atoms with van der Waals surface area (Å²) in [5, 5.41) is 32.0. The number of hydrogen-bond donors (Lipinski definition) is 3. The Morgan fingerprint density at radius 2 is 1.89 bits per heavy atom. The zero-order valence-corrected chi connectivity index (χ0v) is 18.7. The molecule has 0 aromatic rings. The minimum atomic E-state index is -0.743. The summed E-state index contributed by atoms with van der Waals surface area (Å²) >= 11 is 0. The van der Waals surface area contributed by atoms with Gasteiger partial charge in [-0.05, 0) is 91.3 Å². The Balaban J connectivity index is 1.63. The molecule has 28 heavy (non-hydrogen) atoms. The van der Waals surface area contributed by atoms with Crippen molar-refractivity contribution in [3.05, 3.63) is 0 Å². The summed E-state index contributed by atoms with van der Waals surface area (Å²) in [6.07, 6.45) is 5.99. The van der Waals surface area contributed by atoms with E-state index in [9.17, 15) is 19.5 Å². The molecule has 1 heterocycles. The molecule has 0 spiro atoms. The van der Waals surface area contributed by atoms with Crippen molar-refractivity contribution in [2.24, 2.45) is 46.3 Å². The standard InChI is InChI=1S/C23H40O4S/c1-14(5-4-9-24)16-6-7-17-21-18(12-20(26)23(16,17)3)22(2)8-10-28(27)13-15(22)11-19(21)25/h14-21,24-26H,4-13H2,1-3H3/t14-,15-,16-,17+,18+,19-,20+,21+,22+,23-,28?/m1/s1. The van der Waals surface area contributed by atoms with Crippen LogP contribution in [0.15, 0.2) is 0 Å². The van der Waals surface area contributed by atoms with E-state index in [1.807, 2.05) is 0 Å². The Bertz CT molecular complexity index is 611. The van der Waals surface area contributed by atoms with Gasteiger partial charge >= 0.3 is 0 Å². The van der Waals surface area contributed by atoms with E-state index in [0.717, 1.165) is 56.5 Å². The molecule has 0 bridgehead atoms. The molecule has 0 amide bonds. The average Bonchev–Trinajstić information content (AvgIpc) is 3.01. The van der Waals surface area contributed by atoms with Crippen LogP contribution >= 0.6 is 0 Å². The SMILES string of the molecule is C[C@H](CCCO)[C@H]1CC[C@H]2[C@@H]3[C@H](O)C[C@@H]4CS(=O)CC[C@]4(C)[C@H]3C[C@H](O)[C@]12C. The predicted octanol–water partition coefficient (Wildman–Crippen LogP) is 2.96. The minimum absolute atomic E-state index is 0.112. The molecule has 1 aliphatic heterocycles. The lowest BCUT2D eigenvalue weighted by atomic mass is 9.44. The molecule has 3 saturated carbocycles. The van der Waals surface area contributed by atoms with Crippen LogP contribution in [0.5, 0.6) is 0 Å². The van der Waals surface area contributed by atoms with Crippen LogP contribution in [-0.2, 0) is 10.8 Å². The largest absolute Gasteiger partial charge is 0.396 e. The summed E-state index contributed by atoms with van der Waals surface area (Å²) < 4.78 is 12.2. The van der Waals surface area contributed by atoms with Crippen LogP contribution in [0.1, 0.15) is 65.7 Å². The summed E-state index contributed by atoms with van der Waals surface area (Å²) in [5.74, 6) is 3.81. The molecule has 3 N–H and O–H groups in total. The van der Waals surface area contributed by atoms with Crippen molar-refractivity contribution in [1.82, 2.24) is 0 Å². The smallest absolute Gasteiger partial charge is 0.0602 e. The second-order valence-electron chi connectivity index (χ2n) is 11.0. The highest BCUT2D eigenvalue weighted by Gasteiger charge is 2.65. The fourth-order valence-corrected chi connectivity index (χ4v) is 10.2. The zero-order chi connectivity index (χ0) is 20.3. The molecule has 0 radical (unpaired) electrons. The van der Waals surface area contributed by atoms with Crippen LogP contribution in [0.25, 0.3) is 0 Å². The van der Waals surface area contributed by atoms with E-state index in [1.54, 1.807) is 0 Å². The van der Waals surface area contributed by atoms with Crippen LogP contribution in [-0.4, -0.2) is 49.8 Å². The van der Waals surface area contributed by atoms with E-state index >= 15 is 0 Å². The van der Waals surface area contributed by atoms with Crippen molar-refractivity contribution in [3.8, 4) is 0 Å². The molecule has 5 heteroatoms. The number of rotatable bonds is 4. The van der Waals surface area contributed by atoms with Crippen LogP contribution in [0.2, 0.25) is 0 Å². The highest BCUT2D eigenvalue weighted by atomic mass is 32.2. The summed E-state index contributed by atoms with van der Waals surface area (Å²) in [4.78, 5) is 0. The van der Waals surface area contributed by atoms with Gasteiger partial charge in [0.15, 0.2) is 0 Å². The summed E-state index contributed by atoms with van der Waals surface area (Å²) in [7, 11) is -0.743. The normalized spacial score (nSPS) is 54.5. The van der Waals surface area contributed by atoms with Gasteiger partial charge < -0.3 is 15.3 Å². The van der Waals surface area contributed by atoms with Gasteiger partial charge in [0.25, 0.3) is 0 Å². The van der Waals surface area contributed by atoms with E-state index in [-0.39, 0.29) is 35.6 Å². The molecule has 4 aliphatic rings. The van der Waals surface area contributed by atoms with Crippen molar-refractivity contribution in [2.45, 2.75) is 77.9 Å². The number of fused-ring (bicyclic) bond motifs is 5. The summed E-state index contributed by atoms with van der Waals surface area (Å²) in [6, 6.07) is 0. The van der Waals surface area contributed by atoms with E-state index in [1.165, 1.54) is 0 Å². The lowest BCUT2D eigenvalue weighted by Crippen LogP contribution is -2.62. The quantitative estimate of drug-likeness (QED) is 0.663. The van der Waals surface area contributed by atoms with Gasteiger partial charge in [-0.1, -0.05) is 20.8 Å². The van der Waals surface area contributed by atoms with E-state index in [0.29, 0.717) is 29.6 Å². The maximum atomic E-state index is 12.2. The zero-order valence-electron chi connectivity index (χ0n) is 17.8. The van der Waals surface area contributed by atoms with Crippen molar-refractivity contribution in [1.29, 1.82) is 0 Å². The van der Waals surface area contributed by atoms with Crippen LogP contribution in [0, 0.1) is 46.3 Å². The third-order valence-electron chi connectivity index (χ3n) is 10.0. The van der Waals surface area contributed by atoms with Crippen molar-refractivity contribution < 1.29 is 19.5 Å². The fourth-order valence-electron chi connectivity index (χ4n) is 8.36. The van der Waals surface area contributed by atoms with Gasteiger partial charge in [-0.25, -0.2) is 0 Å². The van der Waals surface area contributed by atoms with Gasteiger partial charge in [-0.3, -0.25) is 4.21 Å². The third-order valence-corrected chi connectivity index (χ3v) is 11.5. The molecule has 4 rings (SSSR count). The van der Waals surface area contributed by atoms with Crippen molar-refractivity contribution in [3.63, 3.8) is 0 Å². The molecule has 162 valence electrons. The Kier molecular flexibility index (Phi) is 5.79. The van der Waals surface area contributed by atoms with Gasteiger partial charge in [0.05, 0.1) is 12.2 Å². The monoisotopic (exact) mass is 412 g/mol. The Hall–Kier alpha value is 0.0300. The Morgan fingerprint density at radius 3 is 2.61 bits per heavy atom. The molecule has 0 aromatic carbocycles. The topological polar surface area (TPSA) is 77.8 Å². The first-order valence-corrected chi connectivity index (χ1v) is 13.0. The maximum absolute atomic E-state index is 12.2. The molecular formula is C23H40O4S. The first kappa shape index (κ1) is 21.3. The lowest BCUT2D eigenvalue weighted by molar-refractivity contribution is -0.193. The average molecular weight is 413 g/mol. The molecule has 4 nitrogen and oxygen atoms in total. The van der Waals surface area contributed by atoms with Crippen LogP contribution in [0.4, 0.5) is 0 Å². The molecule has 11 atom stereocenters. The maximum Gasteiger partial charge on any atom is 0.0602 e. The van der Waals surface area contributed by atoms with Crippen molar-refractivity contribution >= 4 is 10.8 Å². The molecule has 1 unspecified atom stereocenters. The first-order valence-electron chi connectivity index (χ1n) is 11.6. The Labute approximate surface area is 173 Å². The van der Waals surface area contributed by atoms with E-state index in [4.69, 9.17) is 0 Å². The van der Waals surface area contributed by atoms with E-state index < -0.39 is 10.8 Å². The first-order chi connectivity index (χ1) is 13.2. The molecule has 1 saturated heterocycles. The highest BCUT2D eigenvalue weighted by molar-refractivity contribution is 7.85. The predicted molar refractivity (Wildman–Crippen MR) is 112 cm³/mol. The van der Waals surface area contributed by atoms with E-state index in [2.05, 4.69) is 20.8 Å². The van der Waals surface area contributed by atoms with Gasteiger partial charge in [-0.15, -0.1) is 0 Å². The minimum Gasteiger partial charge on any atom is -0.396 e. The Morgan fingerprint density at radius 1 is 1.14 bits per heavy atom. The fraction of sp³-hybridized carbons (Fsp3) is 1.00. The molecule has 4 fully saturated rings. The number of hydrogen-bond acceptors (Lipinski definition) is 4. The van der Waals surface area contributed by atoms with Crippen molar-refractivity contribution in [2.75, 3.05) is 18.1 Å². The summed E-state index contributed by atoms with van der Waals surface area (Å²) in [5.41, 5.74) is -0.0155.